The second-order valence-electron chi connectivity index (χ2n) is 9.04. The van der Waals surface area contributed by atoms with Gasteiger partial charge in [0.05, 0.1) is 0 Å². The number of halogens is 4. The molecular formula is C23H34F4OSi. The second-order valence-corrected chi connectivity index (χ2v) is 12.5. The Bertz CT molecular complexity index is 638. The van der Waals surface area contributed by atoms with Crippen LogP contribution in [0.4, 0.5) is 17.6 Å². The molecule has 0 atom stereocenters. The van der Waals surface area contributed by atoms with E-state index in [4.69, 9.17) is 0 Å². The van der Waals surface area contributed by atoms with Gasteiger partial charge in [0.2, 0.25) is 0 Å². The van der Waals surface area contributed by atoms with Crippen LogP contribution < -0.4 is 4.74 Å². The molecule has 0 bridgehead atoms. The summed E-state index contributed by atoms with van der Waals surface area (Å²) in [6.45, 7) is 1.35. The molecule has 0 unspecified atom stereocenters. The number of rotatable bonds is 8. The van der Waals surface area contributed by atoms with Crippen molar-refractivity contribution in [3.05, 3.63) is 29.3 Å². The highest BCUT2D eigenvalue weighted by Gasteiger charge is 2.32. The van der Waals surface area contributed by atoms with Crippen molar-refractivity contribution in [2.45, 2.75) is 88.8 Å². The van der Waals surface area contributed by atoms with Crippen LogP contribution in [0.2, 0.25) is 18.1 Å². The standard InChI is InChI=1S/C23H34F4OSi/c1-2-3-10-29-11-8-17(9-12-29)16-4-6-18(7-5-16)19-13-21(25)22(14-20(19)24)28-15-23(26)27/h13-14,16-18,23,29H,2-12,15H2,1H3. The van der Waals surface area contributed by atoms with Gasteiger partial charge in [0, 0.05) is 14.9 Å². The Morgan fingerprint density at radius 3 is 2.24 bits per heavy atom. The quantitative estimate of drug-likeness (QED) is 0.310. The number of ether oxygens (including phenoxy) is 1. The summed E-state index contributed by atoms with van der Waals surface area (Å²) < 4.78 is 57.9. The topological polar surface area (TPSA) is 9.23 Å². The van der Waals surface area contributed by atoms with E-state index in [0.29, 0.717) is 5.56 Å². The van der Waals surface area contributed by atoms with Crippen LogP contribution >= 0.6 is 0 Å². The van der Waals surface area contributed by atoms with Gasteiger partial charge in [0.25, 0.3) is 6.43 Å². The highest BCUT2D eigenvalue weighted by molar-refractivity contribution is 6.58. The number of unbranched alkanes of at least 4 members (excludes halogenated alkanes) is 1. The molecule has 3 rings (SSSR count). The number of alkyl halides is 2. The summed E-state index contributed by atoms with van der Waals surface area (Å²) in [5.41, 5.74) is 0.376. The molecule has 1 saturated heterocycles. The normalized spacial score (nSPS) is 27.9. The predicted molar refractivity (Wildman–Crippen MR) is 112 cm³/mol. The highest BCUT2D eigenvalue weighted by Crippen LogP contribution is 2.44. The van der Waals surface area contributed by atoms with Crippen molar-refractivity contribution in [3.8, 4) is 5.75 Å². The molecule has 1 aliphatic carbocycles. The molecule has 0 radical (unpaired) electrons. The van der Waals surface area contributed by atoms with E-state index in [1.165, 1.54) is 43.8 Å². The zero-order valence-electron chi connectivity index (χ0n) is 17.4. The lowest BCUT2D eigenvalue weighted by atomic mass is 9.72. The van der Waals surface area contributed by atoms with E-state index in [0.717, 1.165) is 49.7 Å². The smallest absolute Gasteiger partial charge is 0.272 e. The fourth-order valence-corrected chi connectivity index (χ4v) is 9.11. The fourth-order valence-electron chi connectivity index (χ4n) is 5.46. The molecule has 1 heterocycles. The number of hydrogen-bond acceptors (Lipinski definition) is 1. The maximum atomic E-state index is 14.5. The molecule has 2 fully saturated rings. The van der Waals surface area contributed by atoms with Crippen molar-refractivity contribution in [2.24, 2.45) is 11.8 Å². The van der Waals surface area contributed by atoms with E-state index in [9.17, 15) is 17.6 Å². The van der Waals surface area contributed by atoms with E-state index < -0.39 is 39.2 Å². The Labute approximate surface area is 173 Å². The average Bonchev–Trinajstić information content (AvgIpc) is 2.73. The lowest BCUT2D eigenvalue weighted by molar-refractivity contribution is 0.0796. The Hall–Kier alpha value is -1.04. The minimum Gasteiger partial charge on any atom is -0.484 e. The minimum atomic E-state index is -2.71. The Balaban J connectivity index is 1.51. The molecule has 164 valence electrons. The summed E-state index contributed by atoms with van der Waals surface area (Å²) in [5.74, 6) is -0.146. The number of benzene rings is 1. The second kappa shape index (κ2) is 10.8. The molecule has 0 spiro atoms. The first-order valence-corrected chi connectivity index (χ1v) is 13.8. The molecule has 1 nitrogen and oxygen atoms in total. The van der Waals surface area contributed by atoms with Crippen LogP contribution in [0.25, 0.3) is 0 Å². The van der Waals surface area contributed by atoms with E-state index >= 15 is 0 Å². The molecular weight excluding hydrogens is 396 g/mol. The van der Waals surface area contributed by atoms with E-state index in [2.05, 4.69) is 11.7 Å². The SMILES string of the molecule is CCCC[SiH]1CCC(C2CCC(c3cc(F)c(OCC(F)F)cc3F)CC2)CC1. The Kier molecular flexibility index (Phi) is 8.45. The summed E-state index contributed by atoms with van der Waals surface area (Å²) in [7, 11) is -0.478. The molecule has 0 aromatic heterocycles. The largest absolute Gasteiger partial charge is 0.484 e. The van der Waals surface area contributed by atoms with Gasteiger partial charge in [0.15, 0.2) is 11.6 Å². The zero-order chi connectivity index (χ0) is 20.8. The van der Waals surface area contributed by atoms with Crippen LogP contribution in [0.15, 0.2) is 12.1 Å². The Morgan fingerprint density at radius 1 is 0.966 bits per heavy atom. The molecule has 1 aliphatic heterocycles. The van der Waals surface area contributed by atoms with Gasteiger partial charge in [0.1, 0.15) is 12.4 Å². The fraction of sp³-hybridized carbons (Fsp3) is 0.739. The third kappa shape index (κ3) is 6.22. The van der Waals surface area contributed by atoms with Gasteiger partial charge < -0.3 is 4.74 Å². The van der Waals surface area contributed by atoms with Crippen LogP contribution in [0, 0.1) is 23.5 Å². The first-order chi connectivity index (χ1) is 14.0. The highest BCUT2D eigenvalue weighted by atomic mass is 28.3. The summed E-state index contributed by atoms with van der Waals surface area (Å²) in [5, 5.41) is 0. The lowest BCUT2D eigenvalue weighted by Crippen LogP contribution is -2.28. The van der Waals surface area contributed by atoms with Gasteiger partial charge in [-0.3, -0.25) is 0 Å². The van der Waals surface area contributed by atoms with Gasteiger partial charge in [-0.05, 0) is 55.1 Å². The van der Waals surface area contributed by atoms with Crippen molar-refractivity contribution in [1.29, 1.82) is 0 Å². The van der Waals surface area contributed by atoms with Gasteiger partial charge in [-0.1, -0.05) is 50.7 Å². The minimum absolute atomic E-state index is 0.0140. The van der Waals surface area contributed by atoms with Crippen LogP contribution in [0.1, 0.15) is 69.8 Å². The zero-order valence-corrected chi connectivity index (χ0v) is 18.6. The van der Waals surface area contributed by atoms with Crippen LogP contribution in [0.5, 0.6) is 5.75 Å². The first kappa shape index (κ1) is 22.6. The first-order valence-electron chi connectivity index (χ1n) is 11.4. The molecule has 0 amide bonds. The van der Waals surface area contributed by atoms with Gasteiger partial charge in [-0.25, -0.2) is 17.6 Å². The van der Waals surface area contributed by atoms with Crippen molar-refractivity contribution in [1.82, 2.24) is 0 Å². The number of hydrogen-bond donors (Lipinski definition) is 0. The van der Waals surface area contributed by atoms with Crippen molar-refractivity contribution in [3.63, 3.8) is 0 Å². The molecule has 1 aromatic rings. The van der Waals surface area contributed by atoms with Gasteiger partial charge in [-0.2, -0.15) is 0 Å². The van der Waals surface area contributed by atoms with E-state index in [1.54, 1.807) is 0 Å². The van der Waals surface area contributed by atoms with Gasteiger partial charge in [-0.15, -0.1) is 0 Å². The maximum absolute atomic E-state index is 14.5. The maximum Gasteiger partial charge on any atom is 0.272 e. The summed E-state index contributed by atoms with van der Waals surface area (Å²) in [6, 6.07) is 6.58. The lowest BCUT2D eigenvalue weighted by Gasteiger charge is -2.37. The monoisotopic (exact) mass is 430 g/mol. The third-order valence-electron chi connectivity index (χ3n) is 7.15. The average molecular weight is 431 g/mol. The molecule has 6 heteroatoms. The third-order valence-corrected chi connectivity index (χ3v) is 10.7. The summed E-state index contributed by atoms with van der Waals surface area (Å²) >= 11 is 0. The van der Waals surface area contributed by atoms with Crippen molar-refractivity contribution in [2.75, 3.05) is 6.61 Å². The summed E-state index contributed by atoms with van der Waals surface area (Å²) in [6.07, 6.45) is 6.70. The molecule has 2 aliphatic rings. The van der Waals surface area contributed by atoms with Crippen LogP contribution in [-0.2, 0) is 0 Å². The molecule has 1 saturated carbocycles. The van der Waals surface area contributed by atoms with Crippen LogP contribution in [-0.4, -0.2) is 21.8 Å². The van der Waals surface area contributed by atoms with Gasteiger partial charge >= 0.3 is 0 Å². The Morgan fingerprint density at radius 2 is 1.62 bits per heavy atom. The van der Waals surface area contributed by atoms with Crippen molar-refractivity contribution < 1.29 is 22.3 Å². The predicted octanol–water partition coefficient (Wildman–Crippen LogP) is 7.32. The molecule has 29 heavy (non-hydrogen) atoms. The van der Waals surface area contributed by atoms with Crippen molar-refractivity contribution >= 4 is 8.80 Å². The van der Waals surface area contributed by atoms with E-state index in [1.807, 2.05) is 0 Å². The van der Waals surface area contributed by atoms with Crippen LogP contribution in [0.3, 0.4) is 0 Å². The molecule has 0 N–H and O–H groups in total. The molecule has 1 aromatic carbocycles. The summed E-state index contributed by atoms with van der Waals surface area (Å²) in [4.78, 5) is 0. The van der Waals surface area contributed by atoms with E-state index in [-0.39, 0.29) is 5.92 Å².